The highest BCUT2D eigenvalue weighted by molar-refractivity contribution is 5.92. The number of nitrogens with zero attached hydrogens (tertiary/aromatic N) is 4. The van der Waals surface area contributed by atoms with Crippen LogP contribution in [0, 0.1) is 0 Å². The van der Waals surface area contributed by atoms with Crippen LogP contribution in [0.4, 0.5) is 19.0 Å². The summed E-state index contributed by atoms with van der Waals surface area (Å²) in [5.41, 5.74) is 0.169. The maximum atomic E-state index is 13.0. The van der Waals surface area contributed by atoms with Gasteiger partial charge < -0.3 is 4.74 Å². The van der Waals surface area contributed by atoms with Gasteiger partial charge in [0.2, 0.25) is 5.91 Å². The zero-order valence-electron chi connectivity index (χ0n) is 20.1. The van der Waals surface area contributed by atoms with Crippen LogP contribution in [-0.4, -0.2) is 72.2 Å². The van der Waals surface area contributed by atoms with Gasteiger partial charge in [-0.15, -0.1) is 0 Å². The number of rotatable bonds is 7. The first-order valence-corrected chi connectivity index (χ1v) is 12.2. The summed E-state index contributed by atoms with van der Waals surface area (Å²) in [6.07, 6.45) is -1.88. The molecular formula is C26H33F3N4O2. The number of amides is 1. The number of alkyl halides is 3. The Labute approximate surface area is 204 Å². The van der Waals surface area contributed by atoms with Crippen molar-refractivity contribution in [1.29, 1.82) is 0 Å². The van der Waals surface area contributed by atoms with Crippen LogP contribution in [0.3, 0.4) is 0 Å². The molecule has 9 heteroatoms. The van der Waals surface area contributed by atoms with E-state index in [1.54, 1.807) is 11.8 Å². The lowest BCUT2D eigenvalue weighted by molar-refractivity contribution is -0.137. The van der Waals surface area contributed by atoms with Gasteiger partial charge >= 0.3 is 6.18 Å². The minimum Gasteiger partial charge on any atom is -0.381 e. The number of hydrogen-bond acceptors (Lipinski definition) is 5. The van der Waals surface area contributed by atoms with Crippen molar-refractivity contribution in [2.75, 3.05) is 50.8 Å². The maximum Gasteiger partial charge on any atom is 0.417 e. The lowest BCUT2D eigenvalue weighted by Gasteiger charge is -2.51. The lowest BCUT2D eigenvalue weighted by Crippen LogP contribution is -2.63. The Bertz CT molecular complexity index is 955. The van der Waals surface area contributed by atoms with Crippen molar-refractivity contribution in [2.45, 2.75) is 44.4 Å². The molecule has 190 valence electrons. The van der Waals surface area contributed by atoms with Crippen LogP contribution in [-0.2, 0) is 22.3 Å². The maximum absolute atomic E-state index is 13.0. The number of carbonyl (C=O) groups is 1. The van der Waals surface area contributed by atoms with Crippen LogP contribution in [0.25, 0.3) is 0 Å². The normalized spacial score (nSPS) is 19.4. The summed E-state index contributed by atoms with van der Waals surface area (Å²) < 4.78 is 44.8. The molecule has 0 N–H and O–H groups in total. The number of aromatic nitrogens is 1. The molecule has 2 aliphatic heterocycles. The first-order valence-electron chi connectivity index (χ1n) is 12.2. The molecule has 0 radical (unpaired) electrons. The fourth-order valence-electron chi connectivity index (χ4n) is 5.04. The molecule has 1 amide bonds. The average Bonchev–Trinajstić information content (AvgIpc) is 2.88. The molecule has 0 spiro atoms. The number of pyridine rings is 1. The average molecular weight is 491 g/mol. The first kappa shape index (κ1) is 25.6. The Morgan fingerprint density at radius 1 is 1.06 bits per heavy atom. The Balaban J connectivity index is 1.51. The third-order valence-corrected chi connectivity index (χ3v) is 7.12. The van der Waals surface area contributed by atoms with Gasteiger partial charge in [-0.2, -0.15) is 13.2 Å². The molecule has 0 atom stereocenters. The minimum atomic E-state index is -4.47. The van der Waals surface area contributed by atoms with Gasteiger partial charge in [0.15, 0.2) is 0 Å². The van der Waals surface area contributed by atoms with E-state index in [-0.39, 0.29) is 23.7 Å². The molecule has 35 heavy (non-hydrogen) atoms. The minimum absolute atomic E-state index is 0.147. The number of carbonyl (C=O) groups excluding carboxylic acids is 1. The summed E-state index contributed by atoms with van der Waals surface area (Å²) in [6, 6.07) is 12.7. The van der Waals surface area contributed by atoms with Crippen LogP contribution in [0.5, 0.6) is 0 Å². The number of piperazine rings is 1. The molecule has 0 saturated carbocycles. The zero-order chi connectivity index (χ0) is 24.9. The standard InChI is InChI=1S/C26H33F3N4O2/c1-2-24(34)33(23-9-8-22(18-30-23)26(27,28)29)20-25(10-16-35-17-11-25)32-14-12-31(13-15-32)19-21-6-4-3-5-7-21/h3-9,18H,2,10-17,19-20H2,1H3. The molecule has 2 saturated heterocycles. The van der Waals surface area contributed by atoms with Gasteiger partial charge in [0, 0.05) is 70.6 Å². The molecular weight excluding hydrogens is 457 g/mol. The second-order valence-electron chi connectivity index (χ2n) is 9.32. The van der Waals surface area contributed by atoms with Gasteiger partial charge in [-0.05, 0) is 30.5 Å². The van der Waals surface area contributed by atoms with E-state index in [0.29, 0.717) is 19.8 Å². The molecule has 0 aliphatic carbocycles. The van der Waals surface area contributed by atoms with Crippen molar-refractivity contribution < 1.29 is 22.7 Å². The molecule has 2 fully saturated rings. The summed E-state index contributed by atoms with van der Waals surface area (Å²) in [7, 11) is 0. The van der Waals surface area contributed by atoms with Crippen molar-refractivity contribution in [3.05, 3.63) is 59.8 Å². The number of anilines is 1. The van der Waals surface area contributed by atoms with E-state index in [9.17, 15) is 18.0 Å². The fraction of sp³-hybridized carbons (Fsp3) is 0.538. The van der Waals surface area contributed by atoms with Crippen LogP contribution in [0.15, 0.2) is 48.7 Å². The van der Waals surface area contributed by atoms with Gasteiger partial charge in [-0.25, -0.2) is 4.98 Å². The Kier molecular flexibility index (Phi) is 8.09. The van der Waals surface area contributed by atoms with E-state index in [0.717, 1.165) is 57.8 Å². The van der Waals surface area contributed by atoms with E-state index in [1.807, 2.05) is 6.07 Å². The van der Waals surface area contributed by atoms with E-state index in [2.05, 4.69) is 39.0 Å². The van der Waals surface area contributed by atoms with Crippen LogP contribution < -0.4 is 4.90 Å². The highest BCUT2D eigenvalue weighted by Crippen LogP contribution is 2.33. The second kappa shape index (κ2) is 11.1. The van der Waals surface area contributed by atoms with Crippen LogP contribution in [0.1, 0.15) is 37.3 Å². The highest BCUT2D eigenvalue weighted by atomic mass is 19.4. The van der Waals surface area contributed by atoms with Gasteiger partial charge in [0.25, 0.3) is 0 Å². The van der Waals surface area contributed by atoms with E-state index >= 15 is 0 Å². The highest BCUT2D eigenvalue weighted by Gasteiger charge is 2.42. The van der Waals surface area contributed by atoms with Crippen molar-refractivity contribution in [1.82, 2.24) is 14.8 Å². The van der Waals surface area contributed by atoms with Crippen molar-refractivity contribution in [2.24, 2.45) is 0 Å². The summed E-state index contributed by atoms with van der Waals surface area (Å²) in [6.45, 7) is 7.80. The monoisotopic (exact) mass is 490 g/mol. The van der Waals surface area contributed by atoms with Crippen molar-refractivity contribution in [3.63, 3.8) is 0 Å². The second-order valence-corrected chi connectivity index (χ2v) is 9.32. The summed E-state index contributed by atoms with van der Waals surface area (Å²) in [5, 5.41) is 0. The van der Waals surface area contributed by atoms with Crippen LogP contribution in [0.2, 0.25) is 0 Å². The van der Waals surface area contributed by atoms with Crippen molar-refractivity contribution >= 4 is 11.7 Å². The summed E-state index contributed by atoms with van der Waals surface area (Å²) in [4.78, 5) is 23.5. The van der Waals surface area contributed by atoms with E-state index < -0.39 is 11.7 Å². The molecule has 4 rings (SSSR count). The molecule has 2 aliphatic rings. The molecule has 6 nitrogen and oxygen atoms in total. The Morgan fingerprint density at radius 3 is 2.31 bits per heavy atom. The molecule has 2 aromatic rings. The lowest BCUT2D eigenvalue weighted by atomic mass is 9.86. The van der Waals surface area contributed by atoms with E-state index in [4.69, 9.17) is 4.74 Å². The molecule has 1 aromatic carbocycles. The molecule has 1 aromatic heterocycles. The molecule has 0 unspecified atom stereocenters. The third-order valence-electron chi connectivity index (χ3n) is 7.12. The van der Waals surface area contributed by atoms with E-state index in [1.165, 1.54) is 11.6 Å². The van der Waals surface area contributed by atoms with Gasteiger partial charge in [0.1, 0.15) is 5.82 Å². The van der Waals surface area contributed by atoms with Crippen molar-refractivity contribution in [3.8, 4) is 0 Å². The quantitative estimate of drug-likeness (QED) is 0.582. The predicted molar refractivity (Wildman–Crippen MR) is 128 cm³/mol. The van der Waals surface area contributed by atoms with Gasteiger partial charge in [0.05, 0.1) is 5.56 Å². The van der Waals surface area contributed by atoms with Gasteiger partial charge in [-0.1, -0.05) is 37.3 Å². The topological polar surface area (TPSA) is 48.9 Å². The number of hydrogen-bond donors (Lipinski definition) is 0. The summed E-state index contributed by atoms with van der Waals surface area (Å²) in [5.74, 6) is 0.115. The molecule has 3 heterocycles. The van der Waals surface area contributed by atoms with Gasteiger partial charge in [-0.3, -0.25) is 19.5 Å². The third kappa shape index (κ3) is 6.20. The first-order chi connectivity index (χ1) is 16.8. The number of ether oxygens (including phenoxy) is 1. The largest absolute Gasteiger partial charge is 0.417 e. The number of benzene rings is 1. The zero-order valence-corrected chi connectivity index (χ0v) is 20.1. The summed E-state index contributed by atoms with van der Waals surface area (Å²) >= 11 is 0. The predicted octanol–water partition coefficient (Wildman–Crippen LogP) is 4.21. The molecule has 0 bridgehead atoms. The fourth-order valence-corrected chi connectivity index (χ4v) is 5.04. The SMILES string of the molecule is CCC(=O)N(CC1(N2CCN(Cc3ccccc3)CC2)CCOCC1)c1ccc(C(F)(F)F)cn1. The smallest absolute Gasteiger partial charge is 0.381 e. The Hall–Kier alpha value is -2.49. The van der Waals surface area contributed by atoms with Crippen LogP contribution >= 0.6 is 0 Å². The Morgan fingerprint density at radius 2 is 1.74 bits per heavy atom. The number of halogens is 3.